The summed E-state index contributed by atoms with van der Waals surface area (Å²) in [5.41, 5.74) is 0.993. The zero-order chi connectivity index (χ0) is 19.0. The van der Waals surface area contributed by atoms with Crippen molar-refractivity contribution < 1.29 is 19.1 Å². The summed E-state index contributed by atoms with van der Waals surface area (Å²) in [6.45, 7) is 2.77. The number of ether oxygens (including phenoxy) is 2. The Hall–Kier alpha value is -2.13. The molecule has 3 saturated heterocycles. The first-order valence-corrected chi connectivity index (χ1v) is 9.50. The lowest BCUT2D eigenvalue weighted by molar-refractivity contribution is -0.129. The van der Waals surface area contributed by atoms with Crippen molar-refractivity contribution in [2.45, 2.75) is 31.0 Å². The zero-order valence-electron chi connectivity index (χ0n) is 15.8. The molecule has 4 atom stereocenters. The second-order valence-corrected chi connectivity index (χ2v) is 7.62. The van der Waals surface area contributed by atoms with E-state index in [1.54, 1.807) is 18.0 Å². The molecule has 1 aromatic heterocycles. The fraction of sp³-hybridized carbons (Fsp3) is 0.722. The van der Waals surface area contributed by atoms with E-state index in [9.17, 15) is 9.59 Å². The lowest BCUT2D eigenvalue weighted by Gasteiger charge is -2.30. The number of fused-ring (bicyclic) bond motifs is 2. The Morgan fingerprint density at radius 3 is 2.96 bits per heavy atom. The van der Waals surface area contributed by atoms with Gasteiger partial charge in [-0.25, -0.2) is 4.79 Å². The maximum absolute atomic E-state index is 12.6. The summed E-state index contributed by atoms with van der Waals surface area (Å²) in [6.07, 6.45) is 5.27. The van der Waals surface area contributed by atoms with Crippen molar-refractivity contribution in [3.63, 3.8) is 0 Å². The van der Waals surface area contributed by atoms with Gasteiger partial charge in [0, 0.05) is 57.9 Å². The molecule has 3 fully saturated rings. The Labute approximate surface area is 158 Å². The van der Waals surface area contributed by atoms with Crippen LogP contribution in [0, 0.1) is 5.92 Å². The highest BCUT2D eigenvalue weighted by molar-refractivity contribution is 5.80. The third kappa shape index (κ3) is 3.53. The molecule has 148 valence electrons. The van der Waals surface area contributed by atoms with E-state index in [1.165, 1.54) is 0 Å². The van der Waals surface area contributed by atoms with E-state index in [0.29, 0.717) is 39.3 Å². The molecule has 3 amide bonds. The maximum atomic E-state index is 12.6. The third-order valence-corrected chi connectivity index (χ3v) is 5.82. The Morgan fingerprint density at radius 1 is 1.48 bits per heavy atom. The van der Waals surface area contributed by atoms with Crippen LogP contribution in [0.15, 0.2) is 12.4 Å². The van der Waals surface area contributed by atoms with Crippen molar-refractivity contribution >= 4 is 11.9 Å². The van der Waals surface area contributed by atoms with Crippen molar-refractivity contribution in [3.8, 4) is 0 Å². The molecular weight excluding hydrogens is 350 g/mol. The minimum atomic E-state index is -0.0972. The highest BCUT2D eigenvalue weighted by atomic mass is 16.5. The molecule has 2 bridgehead atoms. The van der Waals surface area contributed by atoms with Crippen LogP contribution in [0.5, 0.6) is 0 Å². The van der Waals surface area contributed by atoms with Gasteiger partial charge in [-0.15, -0.1) is 0 Å². The summed E-state index contributed by atoms with van der Waals surface area (Å²) in [5.74, 6) is 0.104. The summed E-state index contributed by atoms with van der Waals surface area (Å²) in [6, 6.07) is 0.0334. The summed E-state index contributed by atoms with van der Waals surface area (Å²) >= 11 is 0. The number of urea groups is 1. The fourth-order valence-electron chi connectivity index (χ4n) is 4.51. The number of rotatable bonds is 6. The number of aryl methyl sites for hydroxylation is 1. The van der Waals surface area contributed by atoms with Crippen LogP contribution >= 0.6 is 0 Å². The Bertz CT molecular complexity index is 708. The van der Waals surface area contributed by atoms with E-state index >= 15 is 0 Å². The minimum absolute atomic E-state index is 0.0125. The molecule has 0 radical (unpaired) electrons. The standard InChI is InChI=1S/C18H27N5O4/c1-21-9-13(8-20-21)17-12(5-16(24)22(17)3-4-26-2)7-19-18(25)23-10-15-6-14(23)11-27-15/h8-9,12,14-15,17H,3-7,10-11H2,1-2H3,(H,19,25)/t12-,14+,15+,17+/m1/s1. The van der Waals surface area contributed by atoms with E-state index in [0.717, 1.165) is 12.0 Å². The van der Waals surface area contributed by atoms with E-state index in [1.807, 2.05) is 23.0 Å². The average molecular weight is 377 g/mol. The molecule has 27 heavy (non-hydrogen) atoms. The first-order valence-electron chi connectivity index (χ1n) is 9.50. The van der Waals surface area contributed by atoms with Crippen molar-refractivity contribution in [3.05, 3.63) is 18.0 Å². The summed E-state index contributed by atoms with van der Waals surface area (Å²) in [5, 5.41) is 7.31. The number of amides is 3. The normalized spacial score (nSPS) is 29.8. The minimum Gasteiger partial charge on any atom is -0.383 e. The molecular formula is C18H27N5O4. The van der Waals surface area contributed by atoms with Gasteiger partial charge in [0.05, 0.1) is 37.6 Å². The molecule has 1 N–H and O–H groups in total. The average Bonchev–Trinajstić information content (AvgIpc) is 3.42. The van der Waals surface area contributed by atoms with E-state index in [-0.39, 0.29) is 36.0 Å². The SMILES string of the molecule is COCCN1C(=O)C[C@H](CNC(=O)N2C[C@@H]3C[C@H]2CO3)[C@H]1c1cnn(C)c1. The molecule has 9 heteroatoms. The molecule has 0 aliphatic carbocycles. The monoisotopic (exact) mass is 377 g/mol. The van der Waals surface area contributed by atoms with Crippen LogP contribution in [0.4, 0.5) is 4.79 Å². The smallest absolute Gasteiger partial charge is 0.317 e. The van der Waals surface area contributed by atoms with Crippen molar-refractivity contribution in [2.75, 3.05) is 40.0 Å². The van der Waals surface area contributed by atoms with Crippen LogP contribution in [-0.2, 0) is 21.3 Å². The van der Waals surface area contributed by atoms with E-state index in [2.05, 4.69) is 10.4 Å². The van der Waals surface area contributed by atoms with Crippen LogP contribution < -0.4 is 5.32 Å². The number of morpholine rings is 1. The molecule has 0 saturated carbocycles. The molecule has 0 aromatic carbocycles. The van der Waals surface area contributed by atoms with Gasteiger partial charge in [-0.2, -0.15) is 5.10 Å². The number of carbonyl (C=O) groups excluding carboxylic acids is 2. The largest absolute Gasteiger partial charge is 0.383 e. The molecule has 3 aliphatic rings. The predicted molar refractivity (Wildman–Crippen MR) is 95.9 cm³/mol. The lowest BCUT2D eigenvalue weighted by atomic mass is 9.95. The first kappa shape index (κ1) is 18.2. The number of hydrogen-bond acceptors (Lipinski definition) is 5. The zero-order valence-corrected chi connectivity index (χ0v) is 15.8. The van der Waals surface area contributed by atoms with Crippen molar-refractivity contribution in [1.82, 2.24) is 24.9 Å². The van der Waals surface area contributed by atoms with E-state index in [4.69, 9.17) is 9.47 Å². The highest BCUT2D eigenvalue weighted by Gasteiger charge is 2.43. The van der Waals surface area contributed by atoms with Crippen molar-refractivity contribution in [1.29, 1.82) is 0 Å². The summed E-state index contributed by atoms with van der Waals surface area (Å²) < 4.78 is 12.5. The number of nitrogens with zero attached hydrogens (tertiary/aromatic N) is 4. The molecule has 4 rings (SSSR count). The van der Waals surface area contributed by atoms with Crippen LogP contribution in [0.1, 0.15) is 24.4 Å². The second-order valence-electron chi connectivity index (χ2n) is 7.62. The molecule has 9 nitrogen and oxygen atoms in total. The number of aromatic nitrogens is 2. The van der Waals surface area contributed by atoms with Crippen LogP contribution in [-0.4, -0.2) is 83.6 Å². The maximum Gasteiger partial charge on any atom is 0.317 e. The van der Waals surface area contributed by atoms with Gasteiger partial charge < -0.3 is 24.6 Å². The van der Waals surface area contributed by atoms with Crippen LogP contribution in [0.3, 0.4) is 0 Å². The molecule has 4 heterocycles. The molecule has 0 unspecified atom stereocenters. The number of methoxy groups -OCH3 is 1. The Morgan fingerprint density at radius 2 is 2.33 bits per heavy atom. The van der Waals surface area contributed by atoms with Gasteiger partial charge in [0.2, 0.25) is 5.91 Å². The van der Waals surface area contributed by atoms with Gasteiger partial charge in [0.1, 0.15) is 0 Å². The van der Waals surface area contributed by atoms with E-state index < -0.39 is 0 Å². The molecule has 3 aliphatic heterocycles. The van der Waals surface area contributed by atoms with Gasteiger partial charge in [0.15, 0.2) is 0 Å². The number of likely N-dealkylation sites (tertiary alicyclic amines) is 2. The molecule has 1 aromatic rings. The van der Waals surface area contributed by atoms with Gasteiger partial charge in [-0.3, -0.25) is 9.48 Å². The van der Waals surface area contributed by atoms with Crippen LogP contribution in [0.25, 0.3) is 0 Å². The van der Waals surface area contributed by atoms with Crippen LogP contribution in [0.2, 0.25) is 0 Å². The number of hydrogen-bond donors (Lipinski definition) is 1. The number of carbonyl (C=O) groups is 2. The summed E-state index contributed by atoms with van der Waals surface area (Å²) in [7, 11) is 3.49. The van der Waals surface area contributed by atoms with Gasteiger partial charge in [0.25, 0.3) is 0 Å². The number of nitrogens with one attached hydrogen (secondary N) is 1. The first-order chi connectivity index (χ1) is 13.1. The van der Waals surface area contributed by atoms with Gasteiger partial charge in [-0.1, -0.05) is 0 Å². The lowest BCUT2D eigenvalue weighted by Crippen LogP contribution is -2.48. The Balaban J connectivity index is 1.43. The van der Waals surface area contributed by atoms with Crippen molar-refractivity contribution in [2.24, 2.45) is 13.0 Å². The highest BCUT2D eigenvalue weighted by Crippen LogP contribution is 2.37. The topological polar surface area (TPSA) is 88.9 Å². The predicted octanol–water partition coefficient (Wildman–Crippen LogP) is 0.139. The second kappa shape index (κ2) is 7.47. The quantitative estimate of drug-likeness (QED) is 0.762. The van der Waals surface area contributed by atoms with Gasteiger partial charge >= 0.3 is 6.03 Å². The van der Waals surface area contributed by atoms with Gasteiger partial charge in [-0.05, 0) is 6.42 Å². The third-order valence-electron chi connectivity index (χ3n) is 5.82. The Kier molecular flexibility index (Phi) is 5.05. The molecule has 0 spiro atoms. The fourth-order valence-corrected chi connectivity index (χ4v) is 4.51. The summed E-state index contributed by atoms with van der Waals surface area (Å²) in [4.78, 5) is 28.9.